The van der Waals surface area contributed by atoms with Crippen molar-refractivity contribution in [1.29, 1.82) is 0 Å². The molecular weight excluding hydrogens is 585 g/mol. The Bertz CT molecular complexity index is 1580. The monoisotopic (exact) mass is 611 g/mol. The van der Waals surface area contributed by atoms with Crippen LogP contribution in [-0.4, -0.2) is 35.2 Å². The third-order valence-electron chi connectivity index (χ3n) is 5.91. The van der Waals surface area contributed by atoms with Gasteiger partial charge in [0.1, 0.15) is 23.0 Å². The summed E-state index contributed by atoms with van der Waals surface area (Å²) in [6.45, 7) is 6.00. The SMILES string of the molecule is CCOC(=O)C1=C(O)/C(=C/c2ccc(OCc3ccc(Cl)cc3Cl)c(OCC)c2)SC1=NC(=O)c1ccccc1C. The maximum absolute atomic E-state index is 13.0. The summed E-state index contributed by atoms with van der Waals surface area (Å²) in [6.07, 6.45) is 1.67. The summed E-state index contributed by atoms with van der Waals surface area (Å²) in [6, 6.07) is 17.5. The van der Waals surface area contributed by atoms with E-state index in [1.807, 2.05) is 13.0 Å². The van der Waals surface area contributed by atoms with E-state index in [4.69, 9.17) is 37.4 Å². The van der Waals surface area contributed by atoms with Gasteiger partial charge in [-0.1, -0.05) is 65.3 Å². The highest BCUT2D eigenvalue weighted by Gasteiger charge is 2.34. The number of ether oxygens (including phenoxy) is 3. The minimum Gasteiger partial charge on any atom is -0.506 e. The zero-order valence-electron chi connectivity index (χ0n) is 22.6. The fourth-order valence-electron chi connectivity index (χ4n) is 3.90. The largest absolute Gasteiger partial charge is 0.506 e. The van der Waals surface area contributed by atoms with Gasteiger partial charge >= 0.3 is 5.97 Å². The summed E-state index contributed by atoms with van der Waals surface area (Å²) in [7, 11) is 0. The van der Waals surface area contributed by atoms with Crippen molar-refractivity contribution in [3.05, 3.63) is 109 Å². The Kier molecular flexibility index (Phi) is 10.2. The van der Waals surface area contributed by atoms with Gasteiger partial charge in [-0.2, -0.15) is 0 Å². The van der Waals surface area contributed by atoms with Crippen LogP contribution < -0.4 is 9.47 Å². The van der Waals surface area contributed by atoms with E-state index in [9.17, 15) is 14.7 Å². The highest BCUT2D eigenvalue weighted by molar-refractivity contribution is 8.18. The lowest BCUT2D eigenvalue weighted by Gasteiger charge is -2.13. The quantitative estimate of drug-likeness (QED) is 0.245. The third kappa shape index (κ3) is 7.33. The number of hydrogen-bond donors (Lipinski definition) is 1. The van der Waals surface area contributed by atoms with Crippen LogP contribution in [0.4, 0.5) is 0 Å². The zero-order valence-corrected chi connectivity index (χ0v) is 24.9. The Morgan fingerprint density at radius 3 is 2.46 bits per heavy atom. The van der Waals surface area contributed by atoms with Crippen molar-refractivity contribution in [3.8, 4) is 11.5 Å². The van der Waals surface area contributed by atoms with Crippen LogP contribution in [0, 0.1) is 6.92 Å². The van der Waals surface area contributed by atoms with Crippen LogP contribution in [0.1, 0.15) is 40.9 Å². The van der Waals surface area contributed by atoms with Crippen molar-refractivity contribution in [2.24, 2.45) is 4.99 Å². The first-order valence-electron chi connectivity index (χ1n) is 12.7. The number of aliphatic hydroxyl groups excluding tert-OH is 1. The summed E-state index contributed by atoms with van der Waals surface area (Å²) in [5, 5.41) is 12.1. The Balaban J connectivity index is 1.64. The second kappa shape index (κ2) is 13.8. The molecule has 0 spiro atoms. The molecule has 1 aliphatic rings. The average molecular weight is 613 g/mol. The molecular formula is C31H27Cl2NO6S. The number of carbonyl (C=O) groups excluding carboxylic acids is 2. The lowest BCUT2D eigenvalue weighted by atomic mass is 10.1. The van der Waals surface area contributed by atoms with Gasteiger partial charge in [0.15, 0.2) is 11.5 Å². The van der Waals surface area contributed by atoms with Gasteiger partial charge in [-0.15, -0.1) is 0 Å². The summed E-state index contributed by atoms with van der Waals surface area (Å²) in [5.41, 5.74) is 2.41. The van der Waals surface area contributed by atoms with Crippen molar-refractivity contribution in [1.82, 2.24) is 0 Å². The molecule has 3 aromatic carbocycles. The lowest BCUT2D eigenvalue weighted by Crippen LogP contribution is -2.14. The number of rotatable bonds is 9. The molecule has 7 nitrogen and oxygen atoms in total. The number of halogens is 2. The number of aryl methyl sites for hydroxylation is 1. The van der Waals surface area contributed by atoms with Crippen molar-refractivity contribution >= 4 is 58.0 Å². The predicted octanol–water partition coefficient (Wildman–Crippen LogP) is 7.98. The first-order chi connectivity index (χ1) is 19.7. The normalized spacial score (nSPS) is 15.0. The van der Waals surface area contributed by atoms with Crippen LogP contribution >= 0.6 is 35.0 Å². The number of aliphatic imine (C=N–C) groups is 1. The fraction of sp³-hybridized carbons (Fsp3) is 0.194. The van der Waals surface area contributed by atoms with E-state index < -0.39 is 11.9 Å². The molecule has 1 N–H and O–H groups in total. The second-order valence-electron chi connectivity index (χ2n) is 8.76. The minimum atomic E-state index is -0.767. The molecule has 0 atom stereocenters. The van der Waals surface area contributed by atoms with Crippen LogP contribution in [0.2, 0.25) is 10.0 Å². The van der Waals surface area contributed by atoms with Gasteiger partial charge in [-0.25, -0.2) is 9.79 Å². The number of carbonyl (C=O) groups is 2. The summed E-state index contributed by atoms with van der Waals surface area (Å²) in [4.78, 5) is 30.2. The highest BCUT2D eigenvalue weighted by atomic mass is 35.5. The smallest absolute Gasteiger partial charge is 0.344 e. The van der Waals surface area contributed by atoms with Gasteiger partial charge in [-0.05, 0) is 68.3 Å². The highest BCUT2D eigenvalue weighted by Crippen LogP contribution is 2.40. The minimum absolute atomic E-state index is 0.0604. The van der Waals surface area contributed by atoms with Crippen molar-refractivity contribution < 1.29 is 28.9 Å². The van der Waals surface area contributed by atoms with Crippen molar-refractivity contribution in [2.45, 2.75) is 27.4 Å². The molecule has 0 bridgehead atoms. The molecule has 212 valence electrons. The molecule has 0 radical (unpaired) electrons. The number of nitrogens with zero attached hydrogens (tertiary/aromatic N) is 1. The average Bonchev–Trinajstić information content (AvgIpc) is 3.23. The first kappa shape index (κ1) is 30.2. The summed E-state index contributed by atoms with van der Waals surface area (Å²) >= 11 is 13.3. The zero-order chi connectivity index (χ0) is 29.5. The van der Waals surface area contributed by atoms with Crippen LogP contribution in [0.3, 0.4) is 0 Å². The number of thioether (sulfide) groups is 1. The molecule has 3 aromatic rings. The molecule has 0 saturated carbocycles. The van der Waals surface area contributed by atoms with Gasteiger partial charge in [0.25, 0.3) is 5.91 Å². The summed E-state index contributed by atoms with van der Waals surface area (Å²) < 4.78 is 16.9. The van der Waals surface area contributed by atoms with E-state index in [1.54, 1.807) is 74.5 Å². The number of aliphatic hydroxyl groups is 1. The molecule has 4 rings (SSSR count). The number of hydrogen-bond acceptors (Lipinski definition) is 7. The van der Waals surface area contributed by atoms with Gasteiger partial charge in [-0.3, -0.25) is 4.79 Å². The van der Waals surface area contributed by atoms with Gasteiger partial charge in [0, 0.05) is 21.2 Å². The van der Waals surface area contributed by atoms with Gasteiger partial charge in [0.2, 0.25) is 0 Å². The molecule has 0 aliphatic carbocycles. The van der Waals surface area contributed by atoms with Gasteiger partial charge < -0.3 is 19.3 Å². The molecule has 1 heterocycles. The Morgan fingerprint density at radius 2 is 1.76 bits per heavy atom. The van der Waals surface area contributed by atoms with Crippen molar-refractivity contribution in [2.75, 3.05) is 13.2 Å². The number of amides is 1. The predicted molar refractivity (Wildman–Crippen MR) is 163 cm³/mol. The maximum Gasteiger partial charge on any atom is 0.344 e. The topological polar surface area (TPSA) is 94.4 Å². The molecule has 1 aliphatic heterocycles. The van der Waals surface area contributed by atoms with Crippen molar-refractivity contribution in [3.63, 3.8) is 0 Å². The lowest BCUT2D eigenvalue weighted by molar-refractivity contribution is -0.138. The van der Waals surface area contributed by atoms with E-state index >= 15 is 0 Å². The molecule has 0 fully saturated rings. The third-order valence-corrected chi connectivity index (χ3v) is 7.52. The van der Waals surface area contributed by atoms with Crippen LogP contribution in [0.15, 0.2) is 81.9 Å². The molecule has 10 heteroatoms. The standard InChI is InChI=1S/C31H27Cl2NO6S/c1-4-38-25-14-19(10-13-24(25)40-17-20-11-12-21(32)16-23(20)33)15-26-28(35)27(31(37)39-5-2)30(41-26)34-29(36)22-9-7-6-8-18(22)3/h6-16,35H,4-5,17H2,1-3H3/b26-15-,34-30?. The molecule has 41 heavy (non-hydrogen) atoms. The molecule has 0 aromatic heterocycles. The van der Waals surface area contributed by atoms with E-state index in [2.05, 4.69) is 4.99 Å². The van der Waals surface area contributed by atoms with Crippen LogP contribution in [-0.2, 0) is 16.1 Å². The van der Waals surface area contributed by atoms with Crippen LogP contribution in [0.25, 0.3) is 6.08 Å². The van der Waals surface area contributed by atoms with E-state index in [0.717, 1.165) is 22.9 Å². The van der Waals surface area contributed by atoms with E-state index in [0.29, 0.717) is 44.2 Å². The second-order valence-corrected chi connectivity index (χ2v) is 10.6. The Labute approximate surface area is 252 Å². The number of esters is 1. The molecule has 1 amide bonds. The first-order valence-corrected chi connectivity index (χ1v) is 14.3. The Hall–Kier alpha value is -3.72. The fourth-order valence-corrected chi connectivity index (χ4v) is 5.38. The maximum atomic E-state index is 13.0. The van der Waals surface area contributed by atoms with Crippen LogP contribution in [0.5, 0.6) is 11.5 Å². The summed E-state index contributed by atoms with van der Waals surface area (Å²) in [5.74, 6) is -0.635. The van der Waals surface area contributed by atoms with E-state index in [1.165, 1.54) is 0 Å². The van der Waals surface area contributed by atoms with Gasteiger partial charge in [0.05, 0.1) is 18.1 Å². The molecule has 0 unspecified atom stereocenters. The number of benzene rings is 3. The molecule has 0 saturated heterocycles. The van der Waals surface area contributed by atoms with E-state index in [-0.39, 0.29) is 29.6 Å². The Morgan fingerprint density at radius 1 is 0.976 bits per heavy atom.